The number of carbonyl (C=O) groups is 2. The molecule has 0 spiro atoms. The molecule has 2 N–H and O–H groups in total. The van der Waals surface area contributed by atoms with Crippen LogP contribution in [0.4, 0.5) is 0 Å². The Labute approximate surface area is 155 Å². The van der Waals surface area contributed by atoms with E-state index in [4.69, 9.17) is 27.9 Å². The molecule has 8 nitrogen and oxygen atoms in total. The second kappa shape index (κ2) is 8.81. The minimum absolute atomic E-state index is 0.0114. The largest absolute Gasteiger partial charge is 0.454 e. The Kier molecular flexibility index (Phi) is 7.63. The van der Waals surface area contributed by atoms with Crippen molar-refractivity contribution in [1.29, 1.82) is 0 Å². The third-order valence-corrected chi connectivity index (χ3v) is 5.23. The molecule has 1 amide bonds. The minimum atomic E-state index is -4.19. The van der Waals surface area contributed by atoms with Crippen molar-refractivity contribution in [3.05, 3.63) is 28.2 Å². The molecule has 0 aliphatic carbocycles. The number of ether oxygens (including phenoxy) is 1. The van der Waals surface area contributed by atoms with Crippen LogP contribution in [-0.2, 0) is 24.3 Å². The average molecular weight is 413 g/mol. The summed E-state index contributed by atoms with van der Waals surface area (Å²) in [4.78, 5) is 24.4. The minimum Gasteiger partial charge on any atom is -0.454 e. The Morgan fingerprint density at radius 3 is 2.36 bits per heavy atom. The van der Waals surface area contributed by atoms with Crippen molar-refractivity contribution in [3.63, 3.8) is 0 Å². The third-order valence-electron chi connectivity index (χ3n) is 3.06. The molecule has 140 valence electrons. The van der Waals surface area contributed by atoms with Gasteiger partial charge in [-0.25, -0.2) is 8.42 Å². The van der Waals surface area contributed by atoms with E-state index in [1.807, 2.05) is 4.72 Å². The van der Waals surface area contributed by atoms with Crippen LogP contribution in [0.2, 0.25) is 10.0 Å². The smallest absolute Gasteiger partial charge is 0.327 e. The molecule has 0 aliphatic rings. The average Bonchev–Trinajstić information content (AvgIpc) is 2.52. The van der Waals surface area contributed by atoms with Gasteiger partial charge in [-0.1, -0.05) is 23.2 Å². The number of halogens is 2. The summed E-state index contributed by atoms with van der Waals surface area (Å²) in [5, 5.41) is 9.87. The molecule has 2 unspecified atom stereocenters. The fourth-order valence-electron chi connectivity index (χ4n) is 1.57. The Hall–Kier alpha value is -1.39. The van der Waals surface area contributed by atoms with Crippen LogP contribution in [0.5, 0.6) is 0 Å². The van der Waals surface area contributed by atoms with Gasteiger partial charge >= 0.3 is 5.97 Å². The van der Waals surface area contributed by atoms with Gasteiger partial charge in [-0.05, 0) is 25.1 Å². The maximum atomic E-state index is 12.4. The molecule has 2 atom stereocenters. The molecule has 0 bridgehead atoms. The number of carbonyl (C=O) groups excluding carboxylic acids is 2. The van der Waals surface area contributed by atoms with Gasteiger partial charge in [-0.15, -0.1) is 0 Å². The van der Waals surface area contributed by atoms with Crippen LogP contribution < -0.4 is 4.72 Å². The molecule has 25 heavy (non-hydrogen) atoms. The number of aliphatic hydroxyl groups excluding tert-OH is 1. The molecule has 0 radical (unpaired) electrons. The number of nitrogens with zero attached hydrogens (tertiary/aromatic N) is 1. The van der Waals surface area contributed by atoms with E-state index in [9.17, 15) is 23.1 Å². The number of amides is 1. The predicted octanol–water partition coefficient (Wildman–Crippen LogP) is 0.652. The molecule has 0 fully saturated rings. The molecule has 0 aromatic heterocycles. The third kappa shape index (κ3) is 6.12. The van der Waals surface area contributed by atoms with Crippen LogP contribution in [0.25, 0.3) is 0 Å². The van der Waals surface area contributed by atoms with E-state index in [2.05, 4.69) is 0 Å². The van der Waals surface area contributed by atoms with Gasteiger partial charge < -0.3 is 14.7 Å². The highest BCUT2D eigenvalue weighted by Gasteiger charge is 2.31. The van der Waals surface area contributed by atoms with Crippen molar-refractivity contribution in [2.75, 3.05) is 20.7 Å². The molecular formula is C14H18Cl2N2O6S. The standard InChI is InChI=1S/C14H18Cl2N2O6S/c1-8(19)13(14(21)24-7-12(20)18(2)3)17-25(22,23)9-4-5-10(15)11(16)6-9/h4-6,8,13,17,19H,7H2,1-3H3. The SMILES string of the molecule is CC(O)C(NS(=O)(=O)c1ccc(Cl)c(Cl)c1)C(=O)OCC(=O)N(C)C. The van der Waals surface area contributed by atoms with E-state index in [0.29, 0.717) is 0 Å². The number of likely N-dealkylation sites (N-methyl/N-ethyl adjacent to an activating group) is 1. The highest BCUT2D eigenvalue weighted by Crippen LogP contribution is 2.25. The molecule has 1 rings (SSSR count). The maximum Gasteiger partial charge on any atom is 0.327 e. The zero-order valence-electron chi connectivity index (χ0n) is 13.7. The van der Waals surface area contributed by atoms with E-state index < -0.39 is 40.7 Å². The Balaban J connectivity index is 2.94. The van der Waals surface area contributed by atoms with E-state index in [1.54, 1.807) is 0 Å². The first kappa shape index (κ1) is 21.7. The zero-order chi connectivity index (χ0) is 19.4. The van der Waals surface area contributed by atoms with Crippen molar-refractivity contribution in [3.8, 4) is 0 Å². The first-order valence-corrected chi connectivity index (χ1v) is 9.22. The lowest BCUT2D eigenvalue weighted by Gasteiger charge is -2.20. The zero-order valence-corrected chi connectivity index (χ0v) is 16.0. The van der Waals surface area contributed by atoms with E-state index in [-0.39, 0.29) is 14.9 Å². The summed E-state index contributed by atoms with van der Waals surface area (Å²) in [7, 11) is -1.26. The normalized spacial score (nSPS) is 13.8. The van der Waals surface area contributed by atoms with Crippen LogP contribution >= 0.6 is 23.2 Å². The second-order valence-electron chi connectivity index (χ2n) is 5.31. The number of rotatable bonds is 7. The van der Waals surface area contributed by atoms with Gasteiger partial charge in [0.15, 0.2) is 6.61 Å². The number of hydrogen-bond acceptors (Lipinski definition) is 6. The van der Waals surface area contributed by atoms with Crippen molar-refractivity contribution in [2.24, 2.45) is 0 Å². The highest BCUT2D eigenvalue weighted by molar-refractivity contribution is 7.89. The number of aliphatic hydroxyl groups is 1. The quantitative estimate of drug-likeness (QED) is 0.635. The predicted molar refractivity (Wildman–Crippen MR) is 91.9 cm³/mol. The monoisotopic (exact) mass is 412 g/mol. The molecule has 11 heteroatoms. The van der Waals surface area contributed by atoms with Crippen LogP contribution in [0.15, 0.2) is 23.1 Å². The Morgan fingerprint density at radius 2 is 1.88 bits per heavy atom. The molecular weight excluding hydrogens is 395 g/mol. The lowest BCUT2D eigenvalue weighted by atomic mass is 10.2. The first-order valence-electron chi connectivity index (χ1n) is 6.98. The number of esters is 1. The summed E-state index contributed by atoms with van der Waals surface area (Å²) >= 11 is 11.5. The van der Waals surface area contributed by atoms with E-state index >= 15 is 0 Å². The van der Waals surface area contributed by atoms with E-state index in [1.165, 1.54) is 38.1 Å². The second-order valence-corrected chi connectivity index (χ2v) is 7.84. The van der Waals surface area contributed by atoms with Crippen LogP contribution in [0, 0.1) is 0 Å². The molecule has 0 saturated carbocycles. The summed E-state index contributed by atoms with van der Waals surface area (Å²) < 4.78 is 31.5. The number of sulfonamides is 1. The van der Waals surface area contributed by atoms with Crippen LogP contribution in [-0.4, -0.2) is 63.1 Å². The van der Waals surface area contributed by atoms with Gasteiger partial charge in [0.2, 0.25) is 10.0 Å². The van der Waals surface area contributed by atoms with Crippen molar-refractivity contribution in [1.82, 2.24) is 9.62 Å². The first-order chi connectivity index (χ1) is 11.5. The Morgan fingerprint density at radius 1 is 1.28 bits per heavy atom. The summed E-state index contributed by atoms with van der Waals surface area (Å²) in [6.45, 7) is 0.626. The number of nitrogens with one attached hydrogen (secondary N) is 1. The van der Waals surface area contributed by atoms with Crippen molar-refractivity contribution >= 4 is 45.1 Å². The maximum absolute atomic E-state index is 12.4. The lowest BCUT2D eigenvalue weighted by molar-refractivity contribution is -0.154. The van der Waals surface area contributed by atoms with Crippen molar-refractivity contribution < 1.29 is 27.9 Å². The topological polar surface area (TPSA) is 113 Å². The fraction of sp³-hybridized carbons (Fsp3) is 0.429. The summed E-state index contributed by atoms with van der Waals surface area (Å²) in [6.07, 6.45) is -1.40. The Bertz CT molecular complexity index is 752. The molecule has 0 heterocycles. The van der Waals surface area contributed by atoms with Crippen LogP contribution in [0.1, 0.15) is 6.92 Å². The summed E-state index contributed by atoms with van der Waals surface area (Å²) in [5.74, 6) is -1.58. The molecule has 0 saturated heterocycles. The molecule has 0 aliphatic heterocycles. The van der Waals surface area contributed by atoms with E-state index in [0.717, 1.165) is 6.07 Å². The van der Waals surface area contributed by atoms with Crippen LogP contribution in [0.3, 0.4) is 0 Å². The van der Waals surface area contributed by atoms with Gasteiger partial charge in [0.1, 0.15) is 6.04 Å². The number of benzene rings is 1. The molecule has 1 aromatic rings. The van der Waals surface area contributed by atoms with Gasteiger partial charge in [0.25, 0.3) is 5.91 Å². The van der Waals surface area contributed by atoms with Gasteiger partial charge in [-0.3, -0.25) is 9.59 Å². The van der Waals surface area contributed by atoms with Gasteiger partial charge in [-0.2, -0.15) is 4.72 Å². The van der Waals surface area contributed by atoms with Gasteiger partial charge in [0.05, 0.1) is 21.0 Å². The number of hydrogen-bond donors (Lipinski definition) is 2. The molecule has 1 aromatic carbocycles. The summed E-state index contributed by atoms with van der Waals surface area (Å²) in [6, 6.07) is 1.97. The lowest BCUT2D eigenvalue weighted by Crippen LogP contribution is -2.49. The highest BCUT2D eigenvalue weighted by atomic mass is 35.5. The van der Waals surface area contributed by atoms with Crippen molar-refractivity contribution in [2.45, 2.75) is 24.0 Å². The van der Waals surface area contributed by atoms with Gasteiger partial charge in [0, 0.05) is 14.1 Å². The fourth-order valence-corrected chi connectivity index (χ4v) is 3.22. The summed E-state index contributed by atoms with van der Waals surface area (Å²) in [5.41, 5.74) is 0.